The van der Waals surface area contributed by atoms with Gasteiger partial charge in [-0.25, -0.2) is 4.98 Å². The van der Waals surface area contributed by atoms with Gasteiger partial charge >= 0.3 is 58.4 Å². The topological polar surface area (TPSA) is 51.8 Å². The van der Waals surface area contributed by atoms with Gasteiger partial charge in [0.2, 0.25) is 5.95 Å². The monoisotopic (exact) mass is 215 g/mol. The Balaban J connectivity index is 0.00000144. The maximum Gasteiger partial charge on any atom is 1.00 e. The van der Waals surface area contributed by atoms with Crippen LogP contribution < -0.4 is 62.7 Å². The van der Waals surface area contributed by atoms with Crippen molar-refractivity contribution in [3.63, 3.8) is 0 Å². The molecule has 13 heavy (non-hydrogen) atoms. The molecule has 0 saturated carbocycles. The maximum absolute atomic E-state index is 12.1. The van der Waals surface area contributed by atoms with Gasteiger partial charge in [-0.05, 0) is 18.6 Å². The van der Waals surface area contributed by atoms with Crippen molar-refractivity contribution in [3.8, 4) is 0 Å². The molecular weight excluding hydrogens is 209 g/mol. The Morgan fingerprint density at radius 3 is 2.23 bits per heavy atom. The van der Waals surface area contributed by atoms with Gasteiger partial charge in [0.25, 0.3) is 0 Å². The first-order valence-electron chi connectivity index (χ1n) is 3.20. The van der Waals surface area contributed by atoms with Gasteiger partial charge in [0.1, 0.15) is 0 Å². The molecule has 2 N–H and O–H groups in total. The van der Waals surface area contributed by atoms with Crippen molar-refractivity contribution in [2.75, 3.05) is 5.73 Å². The van der Waals surface area contributed by atoms with Gasteiger partial charge < -0.3 is 18.7 Å². The third-order valence-corrected chi connectivity index (χ3v) is 1.23. The van der Waals surface area contributed by atoms with Crippen molar-refractivity contribution in [1.29, 1.82) is 0 Å². The quantitative estimate of drug-likeness (QED) is 0.524. The fourth-order valence-corrected chi connectivity index (χ4v) is 0.784. The first-order valence-corrected chi connectivity index (χ1v) is 3.20. The third kappa shape index (κ3) is 3.94. The predicted molar refractivity (Wildman–Crippen MR) is 39.9 cm³/mol. The normalized spacial score (nSPS) is 10.8. The molecular formula is C5H6BF3KN3. The number of nitrogens with zero attached hydrogens (tertiary/aromatic N) is 2. The van der Waals surface area contributed by atoms with Crippen LogP contribution in [0.5, 0.6) is 0 Å². The van der Waals surface area contributed by atoms with Gasteiger partial charge in [0.15, 0.2) is 0 Å². The summed E-state index contributed by atoms with van der Waals surface area (Å²) in [7, 11) is 0. The van der Waals surface area contributed by atoms with Crippen LogP contribution in [0.25, 0.3) is 0 Å². The van der Waals surface area contributed by atoms with Gasteiger partial charge in [0.05, 0.1) is 0 Å². The first-order chi connectivity index (χ1) is 5.39. The largest absolute Gasteiger partial charge is 1.00 e. The van der Waals surface area contributed by atoms with E-state index in [1.54, 1.807) is 0 Å². The molecule has 1 heterocycles. The number of hydrogen-bond donors (Lipinski definition) is 1. The number of anilines is 1. The summed E-state index contributed by atoms with van der Waals surface area (Å²) in [5.41, 5.74) is 4.32. The summed E-state index contributed by atoms with van der Waals surface area (Å²) >= 11 is 0. The van der Waals surface area contributed by atoms with Crippen molar-refractivity contribution >= 4 is 18.5 Å². The van der Waals surface area contributed by atoms with Crippen LogP contribution in [0.15, 0.2) is 6.07 Å². The van der Waals surface area contributed by atoms with Crippen LogP contribution in [0, 0.1) is 6.92 Å². The molecule has 1 aromatic rings. The van der Waals surface area contributed by atoms with Crippen molar-refractivity contribution in [1.82, 2.24) is 9.97 Å². The zero-order valence-electron chi connectivity index (χ0n) is 7.26. The van der Waals surface area contributed by atoms with Crippen LogP contribution in [-0.4, -0.2) is 16.9 Å². The fourth-order valence-electron chi connectivity index (χ4n) is 0.784. The van der Waals surface area contributed by atoms with Crippen molar-refractivity contribution in [2.24, 2.45) is 0 Å². The van der Waals surface area contributed by atoms with E-state index in [1.165, 1.54) is 6.92 Å². The molecule has 3 nitrogen and oxygen atoms in total. The SMILES string of the molecule is Cc1cc([B-](F)(F)F)nc(N)n1.[K+]. The summed E-state index contributed by atoms with van der Waals surface area (Å²) < 4.78 is 36.2. The number of aromatic nitrogens is 2. The zero-order valence-corrected chi connectivity index (χ0v) is 10.4. The molecule has 0 saturated heterocycles. The molecule has 0 aliphatic rings. The summed E-state index contributed by atoms with van der Waals surface area (Å²) in [5, 5.41) is 0. The Labute approximate surface area is 116 Å². The minimum absolute atomic E-state index is 0. The van der Waals surface area contributed by atoms with Crippen molar-refractivity contribution < 1.29 is 64.3 Å². The molecule has 0 fully saturated rings. The molecule has 0 spiro atoms. The number of rotatable bonds is 1. The molecule has 0 aromatic carbocycles. The van der Waals surface area contributed by atoms with E-state index in [2.05, 4.69) is 9.97 Å². The molecule has 0 radical (unpaired) electrons. The smallest absolute Gasteiger partial charge is 0.444 e. The molecule has 1 aromatic heterocycles. The average Bonchev–Trinajstić information content (AvgIpc) is 1.82. The molecule has 0 aliphatic carbocycles. The van der Waals surface area contributed by atoms with E-state index in [0.29, 0.717) is 0 Å². The number of halogens is 3. The Bertz CT molecular complexity index is 283. The minimum Gasteiger partial charge on any atom is -0.444 e. The number of nitrogens with two attached hydrogens (primary N) is 1. The molecule has 0 aliphatic heterocycles. The van der Waals surface area contributed by atoms with E-state index in [9.17, 15) is 12.9 Å². The van der Waals surface area contributed by atoms with Crippen LogP contribution in [-0.2, 0) is 0 Å². The van der Waals surface area contributed by atoms with Crippen LogP contribution in [0.1, 0.15) is 5.69 Å². The Morgan fingerprint density at radius 1 is 1.31 bits per heavy atom. The van der Waals surface area contributed by atoms with Gasteiger partial charge in [-0.15, -0.1) is 0 Å². The van der Waals surface area contributed by atoms with Crippen molar-refractivity contribution in [3.05, 3.63) is 11.8 Å². The first kappa shape index (κ1) is 13.4. The zero-order chi connectivity index (χ0) is 9.35. The standard InChI is InChI=1S/C5H6BF3N3.K/c1-3-2-4(6(7,8)9)12-5(10)11-3;/h2H,1H3,(H2,10,11,12);/q-1;+1. The summed E-state index contributed by atoms with van der Waals surface area (Å²) in [4.78, 5) is 6.60. The molecule has 8 heteroatoms. The third-order valence-electron chi connectivity index (χ3n) is 1.23. The van der Waals surface area contributed by atoms with E-state index in [-0.39, 0.29) is 63.0 Å². The Morgan fingerprint density at radius 2 is 1.85 bits per heavy atom. The van der Waals surface area contributed by atoms with Crippen LogP contribution in [0.2, 0.25) is 0 Å². The second-order valence-electron chi connectivity index (χ2n) is 2.37. The molecule has 0 bridgehead atoms. The second kappa shape index (κ2) is 4.74. The van der Waals surface area contributed by atoms with E-state index >= 15 is 0 Å². The van der Waals surface area contributed by atoms with E-state index < -0.39 is 12.6 Å². The van der Waals surface area contributed by atoms with Gasteiger partial charge in [0, 0.05) is 5.69 Å². The number of nitrogen functional groups attached to an aromatic ring is 1. The molecule has 66 valence electrons. The maximum atomic E-state index is 12.1. The summed E-state index contributed by atoms with van der Waals surface area (Å²) in [5.74, 6) is -0.343. The predicted octanol–water partition coefficient (Wildman–Crippen LogP) is -2.57. The summed E-state index contributed by atoms with van der Waals surface area (Å²) in [6.45, 7) is -3.64. The van der Waals surface area contributed by atoms with Crippen LogP contribution in [0.3, 0.4) is 0 Å². The summed E-state index contributed by atoms with van der Waals surface area (Å²) in [6, 6.07) is 0.871. The van der Waals surface area contributed by atoms with E-state index in [4.69, 9.17) is 5.73 Å². The van der Waals surface area contributed by atoms with Crippen LogP contribution in [0.4, 0.5) is 18.9 Å². The molecule has 0 atom stereocenters. The van der Waals surface area contributed by atoms with E-state index in [1.807, 2.05) is 0 Å². The van der Waals surface area contributed by atoms with Crippen molar-refractivity contribution in [2.45, 2.75) is 6.92 Å². The second-order valence-corrected chi connectivity index (χ2v) is 2.37. The molecule has 1 rings (SSSR count). The number of aryl methyl sites for hydroxylation is 1. The average molecular weight is 215 g/mol. The van der Waals surface area contributed by atoms with Crippen LogP contribution >= 0.6 is 0 Å². The number of hydrogen-bond acceptors (Lipinski definition) is 3. The molecule has 0 amide bonds. The van der Waals surface area contributed by atoms with Gasteiger partial charge in [-0.1, -0.05) is 0 Å². The van der Waals surface area contributed by atoms with Gasteiger partial charge in [-0.2, -0.15) is 0 Å². The van der Waals surface area contributed by atoms with E-state index in [0.717, 1.165) is 6.07 Å². The fraction of sp³-hybridized carbons (Fsp3) is 0.200. The molecule has 0 unspecified atom stereocenters. The Kier molecular flexibility index (Phi) is 4.88. The Hall–Kier alpha value is 0.371. The minimum atomic E-state index is -5.07. The summed E-state index contributed by atoms with van der Waals surface area (Å²) in [6.07, 6.45) is 0. The van der Waals surface area contributed by atoms with Gasteiger partial charge in [-0.3, -0.25) is 4.98 Å².